The van der Waals surface area contributed by atoms with E-state index in [2.05, 4.69) is 26.8 Å². The standard InChI is InChI=1S/C21H35ClO2/c1-5-17(12-9-13-21(4,22)6-2)14-18-10-8-11-19(15-18)16-20(23)24-7-3/h15-17H,5-14H2,1-4H3/b19-16+. The first-order valence-corrected chi connectivity index (χ1v) is 10.0. The van der Waals surface area contributed by atoms with Crippen LogP contribution in [0.15, 0.2) is 23.3 Å². The van der Waals surface area contributed by atoms with Crippen LogP contribution in [0.3, 0.4) is 0 Å². The molecular weight excluding hydrogens is 320 g/mol. The summed E-state index contributed by atoms with van der Waals surface area (Å²) in [6.07, 6.45) is 14.1. The van der Waals surface area contributed by atoms with Gasteiger partial charge in [0, 0.05) is 11.0 Å². The van der Waals surface area contributed by atoms with Crippen molar-refractivity contribution in [3.8, 4) is 0 Å². The van der Waals surface area contributed by atoms with E-state index in [1.165, 1.54) is 31.3 Å². The normalized spacial score (nSPS) is 20.4. The van der Waals surface area contributed by atoms with Gasteiger partial charge < -0.3 is 4.74 Å². The maximum atomic E-state index is 11.6. The number of hydrogen-bond acceptors (Lipinski definition) is 2. The second-order valence-corrected chi connectivity index (χ2v) is 8.18. The van der Waals surface area contributed by atoms with Gasteiger partial charge in [-0.05, 0) is 63.9 Å². The van der Waals surface area contributed by atoms with E-state index in [0.29, 0.717) is 6.61 Å². The Morgan fingerprint density at radius 2 is 2.12 bits per heavy atom. The van der Waals surface area contributed by atoms with Gasteiger partial charge in [-0.1, -0.05) is 44.8 Å². The molecule has 0 bridgehead atoms. The number of carbonyl (C=O) groups is 1. The average Bonchev–Trinajstić information content (AvgIpc) is 2.54. The summed E-state index contributed by atoms with van der Waals surface area (Å²) < 4.78 is 5.02. The Morgan fingerprint density at radius 3 is 2.75 bits per heavy atom. The van der Waals surface area contributed by atoms with Gasteiger partial charge in [-0.3, -0.25) is 0 Å². The fourth-order valence-electron chi connectivity index (χ4n) is 3.29. The molecule has 2 unspecified atom stereocenters. The molecule has 1 rings (SSSR count). The van der Waals surface area contributed by atoms with E-state index in [1.807, 2.05) is 6.92 Å². The molecule has 138 valence electrons. The molecule has 0 heterocycles. The molecule has 1 aliphatic carbocycles. The molecule has 0 aromatic rings. The number of rotatable bonds is 10. The summed E-state index contributed by atoms with van der Waals surface area (Å²) in [5, 5.41) is 0. The second-order valence-electron chi connectivity index (χ2n) is 7.26. The monoisotopic (exact) mass is 354 g/mol. The third-order valence-electron chi connectivity index (χ3n) is 5.12. The van der Waals surface area contributed by atoms with Crippen LogP contribution in [0.25, 0.3) is 0 Å². The predicted molar refractivity (Wildman–Crippen MR) is 103 cm³/mol. The Bertz CT molecular complexity index is 449. The third kappa shape index (κ3) is 8.37. The molecular formula is C21H35ClO2. The quantitative estimate of drug-likeness (QED) is 0.251. The van der Waals surface area contributed by atoms with Crippen LogP contribution in [-0.2, 0) is 9.53 Å². The fraction of sp³-hybridized carbons (Fsp3) is 0.762. The van der Waals surface area contributed by atoms with Crippen molar-refractivity contribution in [2.75, 3.05) is 6.61 Å². The molecule has 0 saturated carbocycles. The maximum Gasteiger partial charge on any atom is 0.331 e. The molecule has 2 atom stereocenters. The van der Waals surface area contributed by atoms with Gasteiger partial charge in [-0.15, -0.1) is 11.6 Å². The molecule has 1 aliphatic rings. The number of halogens is 1. The van der Waals surface area contributed by atoms with E-state index in [4.69, 9.17) is 16.3 Å². The van der Waals surface area contributed by atoms with Crippen LogP contribution in [-0.4, -0.2) is 17.5 Å². The summed E-state index contributed by atoms with van der Waals surface area (Å²) in [5.41, 5.74) is 2.62. The molecule has 0 N–H and O–H groups in total. The van der Waals surface area contributed by atoms with Gasteiger partial charge in [-0.25, -0.2) is 4.79 Å². The first-order valence-electron chi connectivity index (χ1n) is 9.65. The van der Waals surface area contributed by atoms with Crippen molar-refractivity contribution in [2.45, 2.75) is 90.4 Å². The summed E-state index contributed by atoms with van der Waals surface area (Å²) in [4.78, 5) is 11.6. The minimum atomic E-state index is -0.210. The van der Waals surface area contributed by atoms with Gasteiger partial charge in [0.05, 0.1) is 6.61 Å². The lowest BCUT2D eigenvalue weighted by molar-refractivity contribution is -0.137. The summed E-state index contributed by atoms with van der Waals surface area (Å²) in [6.45, 7) is 8.87. The zero-order chi connectivity index (χ0) is 18.0. The van der Waals surface area contributed by atoms with Crippen molar-refractivity contribution < 1.29 is 9.53 Å². The lowest BCUT2D eigenvalue weighted by Crippen LogP contribution is -2.15. The molecule has 3 heteroatoms. The third-order valence-corrected chi connectivity index (χ3v) is 5.57. The van der Waals surface area contributed by atoms with E-state index < -0.39 is 0 Å². The van der Waals surface area contributed by atoms with Crippen LogP contribution >= 0.6 is 11.6 Å². The molecule has 0 spiro atoms. The molecule has 0 aromatic heterocycles. The first-order chi connectivity index (χ1) is 11.4. The Hall–Kier alpha value is -0.760. The lowest BCUT2D eigenvalue weighted by atomic mass is 9.85. The van der Waals surface area contributed by atoms with Crippen LogP contribution < -0.4 is 0 Å². The maximum absolute atomic E-state index is 11.6. The van der Waals surface area contributed by atoms with Crippen molar-refractivity contribution in [2.24, 2.45) is 5.92 Å². The smallest absolute Gasteiger partial charge is 0.331 e. The minimum Gasteiger partial charge on any atom is -0.463 e. The molecule has 24 heavy (non-hydrogen) atoms. The Morgan fingerprint density at radius 1 is 1.38 bits per heavy atom. The number of esters is 1. The Kier molecular flexibility index (Phi) is 9.73. The second kappa shape index (κ2) is 11.0. The van der Waals surface area contributed by atoms with E-state index in [-0.39, 0.29) is 10.8 Å². The number of alkyl halides is 1. The molecule has 0 aromatic carbocycles. The van der Waals surface area contributed by atoms with Crippen LogP contribution in [0.2, 0.25) is 0 Å². The molecule has 0 amide bonds. The molecule has 0 saturated heterocycles. The number of carbonyl (C=O) groups excluding carboxylic acids is 1. The van der Waals surface area contributed by atoms with Crippen LogP contribution in [0.5, 0.6) is 0 Å². The van der Waals surface area contributed by atoms with Crippen molar-refractivity contribution in [3.63, 3.8) is 0 Å². The summed E-state index contributed by atoms with van der Waals surface area (Å²) in [7, 11) is 0. The number of allylic oxidation sites excluding steroid dienone is 3. The van der Waals surface area contributed by atoms with Crippen molar-refractivity contribution in [1.82, 2.24) is 0 Å². The highest BCUT2D eigenvalue weighted by molar-refractivity contribution is 6.23. The van der Waals surface area contributed by atoms with Gasteiger partial charge in [0.1, 0.15) is 0 Å². The summed E-state index contributed by atoms with van der Waals surface area (Å²) in [6, 6.07) is 0. The van der Waals surface area contributed by atoms with E-state index in [9.17, 15) is 4.79 Å². The predicted octanol–water partition coefficient (Wildman–Crippen LogP) is 6.58. The minimum absolute atomic E-state index is 0.0437. The number of ether oxygens (including phenoxy) is 1. The van der Waals surface area contributed by atoms with Crippen LogP contribution in [0.4, 0.5) is 0 Å². The highest BCUT2D eigenvalue weighted by Gasteiger charge is 2.19. The number of hydrogen-bond donors (Lipinski definition) is 0. The largest absolute Gasteiger partial charge is 0.463 e. The average molecular weight is 355 g/mol. The first kappa shape index (κ1) is 21.3. The SMILES string of the molecule is CCOC(=O)/C=C1/C=C(CC(CC)CCCC(C)(Cl)CC)CCC1. The van der Waals surface area contributed by atoms with Crippen LogP contribution in [0.1, 0.15) is 85.5 Å². The summed E-state index contributed by atoms with van der Waals surface area (Å²) in [5.74, 6) is 0.514. The van der Waals surface area contributed by atoms with Gasteiger partial charge in [0.2, 0.25) is 0 Å². The molecule has 0 fully saturated rings. The molecule has 0 radical (unpaired) electrons. The molecule has 2 nitrogen and oxygen atoms in total. The lowest BCUT2D eigenvalue weighted by Gasteiger charge is -2.23. The van der Waals surface area contributed by atoms with Crippen molar-refractivity contribution in [1.29, 1.82) is 0 Å². The molecule has 0 aliphatic heterocycles. The zero-order valence-corrected chi connectivity index (χ0v) is 16.8. The van der Waals surface area contributed by atoms with Crippen molar-refractivity contribution >= 4 is 17.6 Å². The van der Waals surface area contributed by atoms with Gasteiger partial charge in [-0.2, -0.15) is 0 Å². The Balaban J connectivity index is 2.54. The van der Waals surface area contributed by atoms with E-state index in [0.717, 1.165) is 43.6 Å². The van der Waals surface area contributed by atoms with Gasteiger partial charge in [0.15, 0.2) is 0 Å². The van der Waals surface area contributed by atoms with E-state index in [1.54, 1.807) is 6.08 Å². The summed E-state index contributed by atoms with van der Waals surface area (Å²) >= 11 is 6.47. The zero-order valence-electron chi connectivity index (χ0n) is 16.0. The van der Waals surface area contributed by atoms with Gasteiger partial charge in [0.25, 0.3) is 0 Å². The van der Waals surface area contributed by atoms with E-state index >= 15 is 0 Å². The van der Waals surface area contributed by atoms with Crippen molar-refractivity contribution in [3.05, 3.63) is 23.3 Å². The van der Waals surface area contributed by atoms with Crippen LogP contribution in [0, 0.1) is 5.92 Å². The Labute approximate surface area is 153 Å². The highest BCUT2D eigenvalue weighted by Crippen LogP contribution is 2.32. The van der Waals surface area contributed by atoms with Gasteiger partial charge >= 0.3 is 5.97 Å². The topological polar surface area (TPSA) is 26.3 Å². The fourth-order valence-corrected chi connectivity index (χ4v) is 3.43. The highest BCUT2D eigenvalue weighted by atomic mass is 35.5.